The summed E-state index contributed by atoms with van der Waals surface area (Å²) in [5, 5.41) is 21.3. The number of hydrogen-bond donors (Lipinski definition) is 2. The van der Waals surface area contributed by atoms with Gasteiger partial charge < -0.3 is 15.1 Å². The third-order valence-electron chi connectivity index (χ3n) is 7.09. The first-order valence-corrected chi connectivity index (χ1v) is 12.9. The Hall–Kier alpha value is -2.08. The first kappa shape index (κ1) is 27.5. The number of piperidine rings is 1. The van der Waals surface area contributed by atoms with Gasteiger partial charge in [0.15, 0.2) is 0 Å². The van der Waals surface area contributed by atoms with E-state index < -0.39 is 17.0 Å². The molecule has 5 nitrogen and oxygen atoms in total. The van der Waals surface area contributed by atoms with Crippen molar-refractivity contribution in [2.75, 3.05) is 0 Å². The van der Waals surface area contributed by atoms with E-state index >= 15 is 0 Å². The Morgan fingerprint density at radius 3 is 2.34 bits per heavy atom. The third-order valence-corrected chi connectivity index (χ3v) is 7.57. The Morgan fingerprint density at radius 1 is 1.14 bits per heavy atom. The fraction of sp³-hybridized carbons (Fsp3) is 0.500. The van der Waals surface area contributed by atoms with Gasteiger partial charge in [0.1, 0.15) is 0 Å². The molecule has 0 spiro atoms. The standard InChI is InChI=1S/C28H35Cl2NO4/c1-5-22(13-14-27(2,3)35)31-25(18-9-11-20(29)12-10-18)23(19-7-6-8-21(30)15-19)16-28(4,26(31)34)17-24(32)33/h6-12,15,22-23,25,35H,5,13-14,16-17H2,1-4H3,(H,32,33)/t22-,23+,25+,28-/m0/s1. The normalized spacial score (nSPS) is 23.9. The zero-order chi connectivity index (χ0) is 26.0. The number of carboxylic acids is 1. The summed E-state index contributed by atoms with van der Waals surface area (Å²) in [6.45, 7) is 7.31. The molecule has 1 amide bonds. The average Bonchev–Trinajstić information content (AvgIpc) is 2.76. The number of halogens is 2. The van der Waals surface area contributed by atoms with Crippen molar-refractivity contribution in [3.8, 4) is 0 Å². The molecular weight excluding hydrogens is 485 g/mol. The molecule has 0 unspecified atom stereocenters. The van der Waals surface area contributed by atoms with E-state index in [9.17, 15) is 19.8 Å². The highest BCUT2D eigenvalue weighted by atomic mass is 35.5. The van der Waals surface area contributed by atoms with E-state index in [1.54, 1.807) is 20.8 Å². The molecule has 190 valence electrons. The van der Waals surface area contributed by atoms with Gasteiger partial charge in [-0.25, -0.2) is 0 Å². The van der Waals surface area contributed by atoms with E-state index in [0.29, 0.717) is 35.7 Å². The molecule has 1 aliphatic rings. The van der Waals surface area contributed by atoms with Crippen LogP contribution in [-0.2, 0) is 9.59 Å². The second-order valence-corrected chi connectivity index (χ2v) is 11.5. The molecule has 2 N–H and O–H groups in total. The summed E-state index contributed by atoms with van der Waals surface area (Å²) < 4.78 is 0. The molecular formula is C28H35Cl2NO4. The van der Waals surface area contributed by atoms with E-state index in [1.165, 1.54) is 0 Å². The topological polar surface area (TPSA) is 77.8 Å². The summed E-state index contributed by atoms with van der Waals surface area (Å²) in [5.41, 5.74) is -0.0569. The number of benzene rings is 2. The number of likely N-dealkylation sites (tertiary alicyclic amines) is 1. The minimum Gasteiger partial charge on any atom is -0.481 e. The molecule has 7 heteroatoms. The van der Waals surface area contributed by atoms with Crippen LogP contribution in [0.4, 0.5) is 0 Å². The van der Waals surface area contributed by atoms with Crippen molar-refractivity contribution in [1.29, 1.82) is 0 Å². The first-order valence-electron chi connectivity index (χ1n) is 12.1. The first-order chi connectivity index (χ1) is 16.3. The van der Waals surface area contributed by atoms with E-state index in [2.05, 4.69) is 0 Å². The lowest BCUT2D eigenvalue weighted by Gasteiger charge is -2.52. The molecule has 1 fully saturated rings. The van der Waals surface area contributed by atoms with Crippen LogP contribution in [0.1, 0.15) is 82.9 Å². The van der Waals surface area contributed by atoms with Crippen molar-refractivity contribution >= 4 is 35.1 Å². The Balaban J connectivity index is 2.20. The van der Waals surface area contributed by atoms with Gasteiger partial charge >= 0.3 is 5.97 Å². The molecule has 1 heterocycles. The number of rotatable bonds is 9. The lowest BCUT2D eigenvalue weighted by molar-refractivity contribution is -0.161. The molecule has 1 saturated heterocycles. The maximum Gasteiger partial charge on any atom is 0.304 e. The van der Waals surface area contributed by atoms with Crippen LogP contribution >= 0.6 is 23.2 Å². The zero-order valence-electron chi connectivity index (χ0n) is 20.8. The van der Waals surface area contributed by atoms with Crippen LogP contribution in [0.15, 0.2) is 48.5 Å². The molecule has 35 heavy (non-hydrogen) atoms. The minimum absolute atomic E-state index is 0.166. The SMILES string of the molecule is CC[C@@H](CCC(C)(C)O)N1C(=O)[C@](C)(CC(=O)O)C[C@H](c2cccc(Cl)c2)[C@H]1c1ccc(Cl)cc1. The van der Waals surface area contributed by atoms with Crippen molar-refractivity contribution in [2.45, 2.75) is 83.4 Å². The lowest BCUT2D eigenvalue weighted by atomic mass is 9.67. The minimum atomic E-state index is -1.08. The van der Waals surface area contributed by atoms with Crippen molar-refractivity contribution in [3.05, 3.63) is 69.7 Å². The summed E-state index contributed by atoms with van der Waals surface area (Å²) in [4.78, 5) is 27.9. The van der Waals surface area contributed by atoms with Gasteiger partial charge in [-0.3, -0.25) is 9.59 Å². The number of carbonyl (C=O) groups excluding carboxylic acids is 1. The molecule has 0 bridgehead atoms. The molecule has 2 aromatic rings. The van der Waals surface area contributed by atoms with Crippen LogP contribution in [-0.4, -0.2) is 38.6 Å². The number of carboxylic acid groups (broad SMARTS) is 1. The Morgan fingerprint density at radius 2 is 1.80 bits per heavy atom. The number of carbonyl (C=O) groups is 2. The quantitative estimate of drug-likeness (QED) is 0.379. The molecule has 2 aromatic carbocycles. The monoisotopic (exact) mass is 519 g/mol. The fourth-order valence-corrected chi connectivity index (χ4v) is 5.67. The molecule has 1 aliphatic heterocycles. The van der Waals surface area contributed by atoms with E-state index in [4.69, 9.17) is 23.2 Å². The summed E-state index contributed by atoms with van der Waals surface area (Å²) >= 11 is 12.6. The predicted octanol–water partition coefficient (Wildman–Crippen LogP) is 6.86. The van der Waals surface area contributed by atoms with Gasteiger partial charge in [0.05, 0.1) is 23.5 Å². The van der Waals surface area contributed by atoms with Crippen molar-refractivity contribution in [2.24, 2.45) is 5.41 Å². The average molecular weight is 520 g/mol. The van der Waals surface area contributed by atoms with Gasteiger partial charge in [0, 0.05) is 22.0 Å². The van der Waals surface area contributed by atoms with Gasteiger partial charge in [0.25, 0.3) is 0 Å². The molecule has 0 radical (unpaired) electrons. The van der Waals surface area contributed by atoms with Crippen LogP contribution in [0.3, 0.4) is 0 Å². The maximum absolute atomic E-state index is 14.2. The predicted molar refractivity (Wildman–Crippen MR) is 140 cm³/mol. The number of amides is 1. The second-order valence-electron chi connectivity index (χ2n) is 10.6. The van der Waals surface area contributed by atoms with Gasteiger partial charge in [-0.15, -0.1) is 0 Å². The number of hydrogen-bond acceptors (Lipinski definition) is 3. The number of aliphatic carboxylic acids is 1. The molecule has 0 aromatic heterocycles. The highest BCUT2D eigenvalue weighted by molar-refractivity contribution is 6.30. The van der Waals surface area contributed by atoms with Crippen molar-refractivity contribution < 1.29 is 19.8 Å². The summed E-state index contributed by atoms with van der Waals surface area (Å²) in [5.74, 6) is -1.34. The maximum atomic E-state index is 14.2. The highest BCUT2D eigenvalue weighted by Crippen LogP contribution is 2.52. The van der Waals surface area contributed by atoms with Gasteiger partial charge in [-0.2, -0.15) is 0 Å². The molecule has 0 saturated carbocycles. The summed E-state index contributed by atoms with van der Waals surface area (Å²) in [6, 6.07) is 14.6. The largest absolute Gasteiger partial charge is 0.481 e. The van der Waals surface area contributed by atoms with E-state index in [1.807, 2.05) is 60.4 Å². The Kier molecular flexibility index (Phi) is 8.56. The molecule has 4 atom stereocenters. The summed E-state index contributed by atoms with van der Waals surface area (Å²) in [7, 11) is 0. The summed E-state index contributed by atoms with van der Waals surface area (Å²) in [6.07, 6.45) is 1.91. The smallest absolute Gasteiger partial charge is 0.304 e. The third kappa shape index (κ3) is 6.58. The molecule has 3 rings (SSSR count). The van der Waals surface area contributed by atoms with Crippen LogP contribution in [0.25, 0.3) is 0 Å². The van der Waals surface area contributed by atoms with Gasteiger partial charge in [-0.05, 0) is 74.9 Å². The number of nitrogens with zero attached hydrogens (tertiary/aromatic N) is 1. The zero-order valence-corrected chi connectivity index (χ0v) is 22.3. The van der Waals surface area contributed by atoms with Crippen LogP contribution in [0.2, 0.25) is 10.0 Å². The van der Waals surface area contributed by atoms with Crippen LogP contribution < -0.4 is 0 Å². The molecule has 0 aliphatic carbocycles. The Labute approximate surface area is 218 Å². The van der Waals surface area contributed by atoms with E-state index in [0.717, 1.165) is 11.1 Å². The van der Waals surface area contributed by atoms with Gasteiger partial charge in [-0.1, -0.05) is 61.3 Å². The highest BCUT2D eigenvalue weighted by Gasteiger charge is 2.52. The second kappa shape index (κ2) is 10.9. The Bertz CT molecular complexity index is 1050. The van der Waals surface area contributed by atoms with Crippen molar-refractivity contribution in [1.82, 2.24) is 4.90 Å². The van der Waals surface area contributed by atoms with Crippen LogP contribution in [0, 0.1) is 5.41 Å². The van der Waals surface area contributed by atoms with E-state index in [-0.39, 0.29) is 30.3 Å². The van der Waals surface area contributed by atoms with Gasteiger partial charge in [0.2, 0.25) is 5.91 Å². The fourth-order valence-electron chi connectivity index (χ4n) is 5.34. The lowest BCUT2D eigenvalue weighted by Crippen LogP contribution is -2.56. The van der Waals surface area contributed by atoms with Crippen LogP contribution in [0.5, 0.6) is 0 Å². The number of aliphatic hydroxyl groups is 1. The van der Waals surface area contributed by atoms with Crippen molar-refractivity contribution in [3.63, 3.8) is 0 Å².